The van der Waals surface area contributed by atoms with Crippen LogP contribution in [0.5, 0.6) is 23.0 Å². The molecule has 10 heteroatoms. The number of aliphatic imine (C=N–C) groups is 1. The summed E-state index contributed by atoms with van der Waals surface area (Å²) in [5.41, 5.74) is 0.862. The predicted octanol–water partition coefficient (Wildman–Crippen LogP) is 5.36. The van der Waals surface area contributed by atoms with Crippen molar-refractivity contribution in [1.29, 1.82) is 5.41 Å². The van der Waals surface area contributed by atoms with E-state index in [0.29, 0.717) is 53.5 Å². The molecule has 2 aromatic rings. The summed E-state index contributed by atoms with van der Waals surface area (Å²) in [4.78, 5) is 16.9. The molecule has 4 rings (SSSR count). The fourth-order valence-electron chi connectivity index (χ4n) is 3.67. The molecule has 0 spiro atoms. The summed E-state index contributed by atoms with van der Waals surface area (Å²) in [6.07, 6.45) is 4.48. The Labute approximate surface area is 220 Å². The number of hydrogen-bond acceptors (Lipinski definition) is 8. The topological polar surface area (TPSA) is 106 Å². The van der Waals surface area contributed by atoms with Crippen molar-refractivity contribution in [1.82, 2.24) is 5.01 Å². The Morgan fingerprint density at radius 3 is 2.43 bits per heavy atom. The minimum Gasteiger partial charge on any atom is -0.493 e. The number of amides is 1. The summed E-state index contributed by atoms with van der Waals surface area (Å²) in [5.74, 6) is 1.95. The molecular formula is C27H30N4O5S. The summed E-state index contributed by atoms with van der Waals surface area (Å²) in [6, 6.07) is 12.8. The third-order valence-corrected chi connectivity index (χ3v) is 6.45. The van der Waals surface area contributed by atoms with E-state index in [1.54, 1.807) is 31.4 Å². The zero-order valence-corrected chi connectivity index (χ0v) is 22.0. The number of nitrogens with zero attached hydrogens (tertiary/aromatic N) is 3. The van der Waals surface area contributed by atoms with Gasteiger partial charge in [0, 0.05) is 0 Å². The van der Waals surface area contributed by atoms with Gasteiger partial charge in [-0.1, -0.05) is 31.5 Å². The largest absolute Gasteiger partial charge is 0.493 e. The molecule has 2 aromatic carbocycles. The van der Waals surface area contributed by atoms with Crippen LogP contribution in [-0.2, 0) is 4.79 Å². The molecule has 2 aliphatic heterocycles. The predicted molar refractivity (Wildman–Crippen MR) is 146 cm³/mol. The second-order valence-electron chi connectivity index (χ2n) is 8.10. The molecule has 2 aliphatic rings. The van der Waals surface area contributed by atoms with Crippen molar-refractivity contribution in [3.05, 3.63) is 53.6 Å². The zero-order valence-electron chi connectivity index (χ0n) is 21.2. The maximum atomic E-state index is 12.7. The van der Waals surface area contributed by atoms with E-state index >= 15 is 0 Å². The molecule has 0 atom stereocenters. The lowest BCUT2D eigenvalue weighted by molar-refractivity contribution is -0.114. The van der Waals surface area contributed by atoms with Crippen LogP contribution in [0, 0.1) is 5.41 Å². The Morgan fingerprint density at radius 2 is 1.73 bits per heavy atom. The number of hydrogen-bond donors (Lipinski definition) is 1. The number of hydrazone groups is 1. The maximum Gasteiger partial charge on any atom is 0.283 e. The number of amidine groups is 2. The van der Waals surface area contributed by atoms with E-state index in [1.807, 2.05) is 31.2 Å². The summed E-state index contributed by atoms with van der Waals surface area (Å²) in [6.45, 7) is 5.05. The number of benzene rings is 2. The van der Waals surface area contributed by atoms with Crippen LogP contribution in [0.1, 0.15) is 38.7 Å². The van der Waals surface area contributed by atoms with Crippen molar-refractivity contribution < 1.29 is 23.7 Å². The Balaban J connectivity index is 1.45. The number of unbranched alkanes of at least 4 members (excludes halogenated alkanes) is 1. The van der Waals surface area contributed by atoms with Crippen LogP contribution in [0.15, 0.2) is 58.1 Å². The van der Waals surface area contributed by atoms with Crippen molar-refractivity contribution in [2.24, 2.45) is 10.1 Å². The van der Waals surface area contributed by atoms with Crippen molar-refractivity contribution in [2.75, 3.05) is 26.9 Å². The highest BCUT2D eigenvalue weighted by Crippen LogP contribution is 2.33. The summed E-state index contributed by atoms with van der Waals surface area (Å²) < 4.78 is 22.7. The van der Waals surface area contributed by atoms with Gasteiger partial charge in [-0.15, -0.1) is 0 Å². The van der Waals surface area contributed by atoms with Gasteiger partial charge in [0.2, 0.25) is 5.17 Å². The number of fused-ring (bicyclic) bond motifs is 1. The number of methoxy groups -OCH3 is 1. The highest BCUT2D eigenvalue weighted by atomic mass is 32.2. The molecule has 0 aromatic heterocycles. The van der Waals surface area contributed by atoms with E-state index in [0.717, 1.165) is 24.3 Å². The van der Waals surface area contributed by atoms with Crippen LogP contribution in [0.4, 0.5) is 0 Å². The first-order valence-corrected chi connectivity index (χ1v) is 13.0. The van der Waals surface area contributed by atoms with Crippen LogP contribution >= 0.6 is 11.8 Å². The van der Waals surface area contributed by atoms with Gasteiger partial charge >= 0.3 is 0 Å². The molecule has 9 nitrogen and oxygen atoms in total. The van der Waals surface area contributed by atoms with Crippen LogP contribution in [0.25, 0.3) is 6.08 Å². The number of para-hydroxylation sites is 2. The third kappa shape index (κ3) is 6.32. The quantitative estimate of drug-likeness (QED) is 0.295. The Hall–Kier alpha value is -3.79. The van der Waals surface area contributed by atoms with Gasteiger partial charge in [-0.2, -0.15) is 15.1 Å². The SMILES string of the molecule is CCCCC1=NN2C(=N)/C(=C/c3ccc(OCCOc4ccccc4OC)c(OCC)c3)C(=O)N=C2S1. The first-order chi connectivity index (χ1) is 18.0. The minimum absolute atomic E-state index is 0.0146. The zero-order chi connectivity index (χ0) is 26.2. The third-order valence-electron chi connectivity index (χ3n) is 5.49. The van der Waals surface area contributed by atoms with E-state index < -0.39 is 5.91 Å². The molecule has 0 aliphatic carbocycles. The molecular weight excluding hydrogens is 492 g/mol. The average Bonchev–Trinajstić information content (AvgIpc) is 3.32. The lowest BCUT2D eigenvalue weighted by Crippen LogP contribution is -2.35. The fraction of sp³-hybridized carbons (Fsp3) is 0.333. The summed E-state index contributed by atoms with van der Waals surface area (Å²) >= 11 is 1.35. The molecule has 37 heavy (non-hydrogen) atoms. The van der Waals surface area contributed by atoms with Crippen LogP contribution in [-0.4, -0.2) is 53.9 Å². The van der Waals surface area contributed by atoms with Gasteiger partial charge in [0.1, 0.15) is 18.3 Å². The van der Waals surface area contributed by atoms with Gasteiger partial charge in [0.25, 0.3) is 5.91 Å². The normalized spacial score (nSPS) is 15.9. The van der Waals surface area contributed by atoms with Crippen LogP contribution in [0.3, 0.4) is 0 Å². The molecule has 0 radical (unpaired) electrons. The first-order valence-electron chi connectivity index (χ1n) is 12.2. The molecule has 0 saturated heterocycles. The highest BCUT2D eigenvalue weighted by Gasteiger charge is 2.35. The lowest BCUT2D eigenvalue weighted by Gasteiger charge is -2.20. The second-order valence-corrected chi connectivity index (χ2v) is 9.14. The summed E-state index contributed by atoms with van der Waals surface area (Å²) in [7, 11) is 1.60. The van der Waals surface area contributed by atoms with Crippen molar-refractivity contribution >= 4 is 39.8 Å². The molecule has 0 fully saturated rings. The number of ether oxygens (including phenoxy) is 4. The monoisotopic (exact) mass is 522 g/mol. The van der Waals surface area contributed by atoms with Crippen LogP contribution in [0.2, 0.25) is 0 Å². The van der Waals surface area contributed by atoms with E-state index in [1.165, 1.54) is 16.8 Å². The Morgan fingerprint density at radius 1 is 1.00 bits per heavy atom. The Bertz CT molecular complexity index is 1260. The molecule has 1 N–H and O–H groups in total. The Kier molecular flexibility index (Phi) is 8.84. The van der Waals surface area contributed by atoms with Gasteiger partial charge in [-0.05, 0) is 67.4 Å². The summed E-state index contributed by atoms with van der Waals surface area (Å²) in [5, 5.41) is 15.8. The second kappa shape index (κ2) is 12.4. The van der Waals surface area contributed by atoms with Gasteiger partial charge < -0.3 is 18.9 Å². The van der Waals surface area contributed by atoms with E-state index in [2.05, 4.69) is 17.0 Å². The van der Waals surface area contributed by atoms with E-state index in [4.69, 9.17) is 24.4 Å². The molecule has 0 unspecified atom stereocenters. The molecule has 1 amide bonds. The smallest absolute Gasteiger partial charge is 0.283 e. The van der Waals surface area contributed by atoms with E-state index in [9.17, 15) is 4.79 Å². The molecule has 0 bridgehead atoms. The minimum atomic E-state index is -0.456. The number of rotatable bonds is 12. The number of nitrogens with one attached hydrogen (secondary N) is 1. The molecule has 194 valence electrons. The first kappa shape index (κ1) is 26.3. The lowest BCUT2D eigenvalue weighted by atomic mass is 10.1. The maximum absolute atomic E-state index is 12.7. The van der Waals surface area contributed by atoms with Gasteiger partial charge in [-0.25, -0.2) is 0 Å². The number of carbonyl (C=O) groups excluding carboxylic acids is 1. The molecule has 0 saturated carbocycles. The van der Waals surface area contributed by atoms with Crippen molar-refractivity contribution in [3.8, 4) is 23.0 Å². The fourth-order valence-corrected chi connectivity index (χ4v) is 4.60. The van der Waals surface area contributed by atoms with E-state index in [-0.39, 0.29) is 11.4 Å². The standard InChI is InChI=1S/C27H30N4O5S/c1-4-6-11-24-30-31-25(28)19(26(32)29-27(31)37-24)16-18-12-13-22(23(17-18)34-5-2)36-15-14-35-21-10-8-7-9-20(21)33-3/h7-10,12-13,16-17,28H,4-6,11,14-15H2,1-3H3/b19-16-,28-25?. The average molecular weight is 523 g/mol. The van der Waals surface area contributed by atoms with Crippen LogP contribution < -0.4 is 18.9 Å². The highest BCUT2D eigenvalue weighted by molar-refractivity contribution is 8.26. The van der Waals surface area contributed by atoms with Gasteiger partial charge in [0.05, 0.1) is 19.3 Å². The van der Waals surface area contributed by atoms with Gasteiger partial charge in [0.15, 0.2) is 28.8 Å². The number of carbonyl (C=O) groups is 1. The molecule has 2 heterocycles. The number of thioether (sulfide) groups is 1. The van der Waals surface area contributed by atoms with Crippen molar-refractivity contribution in [3.63, 3.8) is 0 Å². The van der Waals surface area contributed by atoms with Gasteiger partial charge in [-0.3, -0.25) is 10.2 Å². The van der Waals surface area contributed by atoms with Crippen molar-refractivity contribution in [2.45, 2.75) is 33.1 Å².